The third-order valence-electron chi connectivity index (χ3n) is 6.75. The average molecular weight is 478 g/mol. The third kappa shape index (κ3) is 5.32. The molecule has 2 aliphatic rings. The van der Waals surface area contributed by atoms with Gasteiger partial charge in [0.15, 0.2) is 0 Å². The molecule has 1 N–H and O–H groups in total. The summed E-state index contributed by atoms with van der Waals surface area (Å²) in [6.07, 6.45) is -0.0170. The van der Waals surface area contributed by atoms with Crippen LogP contribution in [-0.2, 0) is 22.7 Å². The highest BCUT2D eigenvalue weighted by Gasteiger charge is 2.50. The van der Waals surface area contributed by atoms with Gasteiger partial charge in [0.05, 0.1) is 13.1 Å². The second-order valence-electron chi connectivity index (χ2n) is 9.88. The summed E-state index contributed by atoms with van der Waals surface area (Å²) in [5.41, 5.74) is 3.16. The van der Waals surface area contributed by atoms with E-state index in [-0.39, 0.29) is 36.9 Å². The highest BCUT2D eigenvalue weighted by atomic mass is 16.2. The number of nitrogens with zero attached hydrogens (tertiary/aromatic N) is 4. The first-order chi connectivity index (χ1) is 16.8. The number of likely N-dealkylation sites (N-methyl/N-ethyl adjacent to an activating group) is 1. The molecular formula is C27H35N5O3. The van der Waals surface area contributed by atoms with Gasteiger partial charge in [-0.05, 0) is 36.0 Å². The number of nitrogens with one attached hydrogen (secondary N) is 1. The van der Waals surface area contributed by atoms with Crippen LogP contribution in [0.2, 0.25) is 0 Å². The molecule has 1 unspecified atom stereocenters. The lowest BCUT2D eigenvalue weighted by Crippen LogP contribution is -2.75. The number of aryl methyl sites for hydroxylation is 1. The van der Waals surface area contributed by atoms with Gasteiger partial charge in [0.1, 0.15) is 12.2 Å². The first-order valence-corrected chi connectivity index (χ1v) is 12.2. The maximum Gasteiger partial charge on any atom is 0.334 e. The largest absolute Gasteiger partial charge is 0.334 e. The molecule has 0 aliphatic carbocycles. The normalized spacial score (nSPS) is 20.9. The van der Waals surface area contributed by atoms with Gasteiger partial charge in [0, 0.05) is 20.1 Å². The molecule has 8 heteroatoms. The molecule has 2 saturated heterocycles. The van der Waals surface area contributed by atoms with E-state index in [1.165, 1.54) is 0 Å². The van der Waals surface area contributed by atoms with Gasteiger partial charge in [-0.1, -0.05) is 68.4 Å². The quantitative estimate of drug-likeness (QED) is 0.694. The second kappa shape index (κ2) is 10.5. The zero-order valence-electron chi connectivity index (χ0n) is 21.0. The Morgan fingerprint density at radius 3 is 2.43 bits per heavy atom. The minimum atomic E-state index is -0.594. The molecule has 0 spiro atoms. The number of hydrazine groups is 1. The van der Waals surface area contributed by atoms with Crippen LogP contribution in [0.1, 0.15) is 37.0 Å². The molecule has 0 radical (unpaired) electrons. The van der Waals surface area contributed by atoms with E-state index < -0.39 is 12.2 Å². The topological polar surface area (TPSA) is 76.2 Å². The lowest BCUT2D eigenvalue weighted by molar-refractivity contribution is -0.188. The van der Waals surface area contributed by atoms with Crippen LogP contribution < -0.4 is 5.32 Å². The minimum Gasteiger partial charge on any atom is -0.333 e. The molecule has 4 amide bonds. The maximum atomic E-state index is 13.6. The summed E-state index contributed by atoms with van der Waals surface area (Å²) in [5.74, 6) is 0.0377. The van der Waals surface area contributed by atoms with Crippen LogP contribution in [0, 0.1) is 12.8 Å². The number of hydrogen-bond donors (Lipinski definition) is 1. The van der Waals surface area contributed by atoms with Gasteiger partial charge in [-0.3, -0.25) is 9.59 Å². The molecule has 186 valence electrons. The number of benzene rings is 2. The molecule has 2 aliphatic heterocycles. The molecule has 0 aromatic heterocycles. The second-order valence-corrected chi connectivity index (χ2v) is 9.88. The number of urea groups is 1. The molecule has 0 bridgehead atoms. The van der Waals surface area contributed by atoms with Crippen molar-refractivity contribution in [1.82, 2.24) is 25.1 Å². The Labute approximate surface area is 207 Å². The molecule has 0 saturated carbocycles. The van der Waals surface area contributed by atoms with Crippen molar-refractivity contribution in [2.75, 3.05) is 20.1 Å². The van der Waals surface area contributed by atoms with Crippen molar-refractivity contribution in [1.29, 1.82) is 0 Å². The lowest BCUT2D eigenvalue weighted by Gasteiger charge is -2.54. The zero-order chi connectivity index (χ0) is 25.1. The standard InChI is InChI=1S/C27H35N5O3/c1-19(2)14-23-26(34)30(16-22-13-9-8-10-20(22)3)17-24-31(23)25(33)18-29(4)32(24)27(35)28-15-21-11-6-5-7-12-21/h5-13,19,23-24H,14-18H2,1-4H3,(H,28,35)/t23-,24?/m0/s1. The van der Waals surface area contributed by atoms with Crippen molar-refractivity contribution in [2.45, 2.75) is 52.5 Å². The highest BCUT2D eigenvalue weighted by molar-refractivity contribution is 5.91. The summed E-state index contributed by atoms with van der Waals surface area (Å²) >= 11 is 0. The van der Waals surface area contributed by atoms with Crippen molar-refractivity contribution in [2.24, 2.45) is 5.92 Å². The Morgan fingerprint density at radius 1 is 1.06 bits per heavy atom. The van der Waals surface area contributed by atoms with E-state index in [0.717, 1.165) is 16.7 Å². The van der Waals surface area contributed by atoms with Crippen LogP contribution in [0.5, 0.6) is 0 Å². The summed E-state index contributed by atoms with van der Waals surface area (Å²) in [6, 6.07) is 16.8. The van der Waals surface area contributed by atoms with E-state index in [1.54, 1.807) is 26.9 Å². The smallest absolute Gasteiger partial charge is 0.333 e. The molecular weight excluding hydrogens is 442 g/mol. The first kappa shape index (κ1) is 24.7. The van der Waals surface area contributed by atoms with E-state index in [2.05, 4.69) is 5.32 Å². The summed E-state index contributed by atoms with van der Waals surface area (Å²) in [7, 11) is 1.75. The molecule has 8 nitrogen and oxygen atoms in total. The van der Waals surface area contributed by atoms with Crippen molar-refractivity contribution in [3.63, 3.8) is 0 Å². The number of hydrogen-bond acceptors (Lipinski definition) is 4. The zero-order valence-corrected chi connectivity index (χ0v) is 21.0. The van der Waals surface area contributed by atoms with E-state index in [0.29, 0.717) is 19.5 Å². The van der Waals surface area contributed by atoms with Crippen molar-refractivity contribution in [3.8, 4) is 0 Å². The molecule has 4 rings (SSSR count). The molecule has 35 heavy (non-hydrogen) atoms. The number of piperazine rings is 1. The van der Waals surface area contributed by atoms with E-state index in [9.17, 15) is 14.4 Å². The Kier molecular flexibility index (Phi) is 7.40. The van der Waals surface area contributed by atoms with Crippen LogP contribution in [-0.4, -0.2) is 70.0 Å². The maximum absolute atomic E-state index is 13.6. The van der Waals surface area contributed by atoms with Crippen molar-refractivity contribution in [3.05, 3.63) is 71.3 Å². The van der Waals surface area contributed by atoms with Crippen molar-refractivity contribution < 1.29 is 14.4 Å². The number of carbonyl (C=O) groups is 3. The Morgan fingerprint density at radius 2 is 1.74 bits per heavy atom. The van der Waals surface area contributed by atoms with Gasteiger partial charge >= 0.3 is 6.03 Å². The fraction of sp³-hybridized carbons (Fsp3) is 0.444. The van der Waals surface area contributed by atoms with Crippen LogP contribution in [0.25, 0.3) is 0 Å². The molecule has 2 fully saturated rings. The van der Waals surface area contributed by atoms with Gasteiger partial charge in [0.2, 0.25) is 11.8 Å². The third-order valence-corrected chi connectivity index (χ3v) is 6.75. The van der Waals surface area contributed by atoms with Crippen LogP contribution in [0.15, 0.2) is 54.6 Å². The summed E-state index contributed by atoms with van der Waals surface area (Å²) in [4.78, 5) is 43.7. The van der Waals surface area contributed by atoms with Gasteiger partial charge in [0.25, 0.3) is 0 Å². The predicted molar refractivity (Wildman–Crippen MR) is 134 cm³/mol. The van der Waals surface area contributed by atoms with Crippen LogP contribution in [0.4, 0.5) is 4.79 Å². The first-order valence-electron chi connectivity index (χ1n) is 12.2. The predicted octanol–water partition coefficient (Wildman–Crippen LogP) is 2.98. The number of rotatable bonds is 6. The van der Waals surface area contributed by atoms with Crippen LogP contribution in [0.3, 0.4) is 0 Å². The minimum absolute atomic E-state index is 0.0505. The van der Waals surface area contributed by atoms with Crippen molar-refractivity contribution >= 4 is 17.8 Å². The van der Waals surface area contributed by atoms with Gasteiger partial charge in [-0.25, -0.2) is 14.8 Å². The molecule has 2 heterocycles. The fourth-order valence-electron chi connectivity index (χ4n) is 4.97. The van der Waals surface area contributed by atoms with E-state index >= 15 is 0 Å². The van der Waals surface area contributed by atoms with Gasteiger partial charge in [-0.2, -0.15) is 0 Å². The number of amides is 4. The molecule has 2 aromatic carbocycles. The summed E-state index contributed by atoms with van der Waals surface area (Å²) in [6.45, 7) is 7.27. The lowest BCUT2D eigenvalue weighted by atomic mass is 9.96. The molecule has 2 aromatic rings. The van der Waals surface area contributed by atoms with E-state index in [4.69, 9.17) is 0 Å². The molecule has 2 atom stereocenters. The SMILES string of the molecule is Cc1ccccc1CN1CC2N(C(=O)CN(C)N2C(=O)NCc2ccccc2)[C@@H](CC(C)C)C1=O. The van der Waals surface area contributed by atoms with Gasteiger partial charge < -0.3 is 15.1 Å². The Bertz CT molecular complexity index is 1070. The monoisotopic (exact) mass is 477 g/mol. The fourth-order valence-corrected chi connectivity index (χ4v) is 4.97. The number of carbonyl (C=O) groups excluding carboxylic acids is 3. The van der Waals surface area contributed by atoms with Crippen LogP contribution >= 0.6 is 0 Å². The average Bonchev–Trinajstić information content (AvgIpc) is 2.82. The Hall–Kier alpha value is -3.39. The van der Waals surface area contributed by atoms with E-state index in [1.807, 2.05) is 75.4 Å². The summed E-state index contributed by atoms with van der Waals surface area (Å²) < 4.78 is 0. The highest BCUT2D eigenvalue weighted by Crippen LogP contribution is 2.30. The number of fused-ring (bicyclic) bond motifs is 1. The van der Waals surface area contributed by atoms with Gasteiger partial charge in [-0.15, -0.1) is 0 Å². The summed E-state index contributed by atoms with van der Waals surface area (Å²) in [5, 5.41) is 6.26. The Balaban J connectivity index is 1.62.